The summed E-state index contributed by atoms with van der Waals surface area (Å²) in [5.74, 6) is 0.347. The molecule has 3 aromatic carbocycles. The highest BCUT2D eigenvalue weighted by molar-refractivity contribution is 7.07. The smallest absolute Gasteiger partial charge is 0.271 e. The molecule has 1 saturated heterocycles. The number of fused-ring (bicyclic) bond motifs is 2. The summed E-state index contributed by atoms with van der Waals surface area (Å²) in [6.07, 6.45) is 1.70. The van der Waals surface area contributed by atoms with Gasteiger partial charge in [-0.05, 0) is 49.8 Å². The van der Waals surface area contributed by atoms with E-state index in [1.165, 1.54) is 23.5 Å². The Morgan fingerprint density at radius 2 is 1.89 bits per heavy atom. The number of non-ortho nitro benzene ring substituents is 1. The van der Waals surface area contributed by atoms with Gasteiger partial charge in [0.15, 0.2) is 4.80 Å². The van der Waals surface area contributed by atoms with E-state index in [0.717, 1.165) is 16.5 Å². The fourth-order valence-corrected chi connectivity index (χ4v) is 7.33. The highest BCUT2D eigenvalue weighted by atomic mass is 32.1. The van der Waals surface area contributed by atoms with Crippen LogP contribution in [0, 0.1) is 10.1 Å². The van der Waals surface area contributed by atoms with E-state index >= 15 is 0 Å². The molecule has 238 valence electrons. The number of hydrogen-bond donors (Lipinski definition) is 0. The molecule has 12 heteroatoms. The minimum Gasteiger partial charge on any atom is -0.496 e. The van der Waals surface area contributed by atoms with Crippen molar-refractivity contribution in [3.8, 4) is 5.75 Å². The number of anilines is 1. The van der Waals surface area contributed by atoms with Crippen LogP contribution in [0.4, 0.5) is 11.4 Å². The lowest BCUT2D eigenvalue weighted by atomic mass is 9.90. The van der Waals surface area contributed by atoms with Crippen LogP contribution in [0.5, 0.6) is 5.75 Å². The van der Waals surface area contributed by atoms with Crippen LogP contribution in [-0.4, -0.2) is 66.8 Å². The number of aromatic nitrogens is 1. The predicted octanol–water partition coefficient (Wildman–Crippen LogP) is 4.01. The molecular formula is C34H35N5O6S. The first-order valence-corrected chi connectivity index (χ1v) is 16.1. The summed E-state index contributed by atoms with van der Waals surface area (Å²) in [6.45, 7) is 8.95. The Hall–Kier alpha value is -4.81. The Morgan fingerprint density at radius 1 is 1.15 bits per heavy atom. The molecule has 11 nitrogen and oxygen atoms in total. The topological polar surface area (TPSA) is 120 Å². The average molecular weight is 642 g/mol. The number of carbonyl (C=O) groups excluding carboxylic acids is 1. The average Bonchev–Trinajstić information content (AvgIpc) is 3.37. The number of morpholine rings is 1. The van der Waals surface area contributed by atoms with Crippen molar-refractivity contribution in [3.05, 3.63) is 107 Å². The van der Waals surface area contributed by atoms with Crippen molar-refractivity contribution >= 4 is 45.5 Å². The van der Waals surface area contributed by atoms with Crippen LogP contribution < -0.4 is 24.5 Å². The Kier molecular flexibility index (Phi) is 8.74. The van der Waals surface area contributed by atoms with Crippen molar-refractivity contribution in [1.29, 1.82) is 0 Å². The van der Waals surface area contributed by atoms with Crippen LogP contribution >= 0.6 is 11.3 Å². The van der Waals surface area contributed by atoms with E-state index in [9.17, 15) is 19.7 Å². The van der Waals surface area contributed by atoms with E-state index in [1.54, 1.807) is 35.6 Å². The van der Waals surface area contributed by atoms with E-state index in [-0.39, 0.29) is 17.2 Å². The summed E-state index contributed by atoms with van der Waals surface area (Å²) in [7, 11) is 1.58. The van der Waals surface area contributed by atoms with E-state index in [1.807, 2.05) is 50.2 Å². The fraction of sp³-hybridized carbons (Fsp3) is 0.324. The fourth-order valence-electron chi connectivity index (χ4n) is 6.29. The number of methoxy groups -OCH3 is 1. The van der Waals surface area contributed by atoms with Crippen LogP contribution in [0.1, 0.15) is 37.9 Å². The maximum atomic E-state index is 14.6. The molecule has 1 atom stereocenters. The lowest BCUT2D eigenvalue weighted by Crippen LogP contribution is -2.43. The van der Waals surface area contributed by atoms with Crippen molar-refractivity contribution < 1.29 is 19.2 Å². The van der Waals surface area contributed by atoms with Crippen LogP contribution in [0.25, 0.3) is 16.8 Å². The number of rotatable bonds is 8. The highest BCUT2D eigenvalue weighted by Crippen LogP contribution is 2.40. The summed E-state index contributed by atoms with van der Waals surface area (Å²) < 4.78 is 13.3. The van der Waals surface area contributed by atoms with Crippen molar-refractivity contribution in [1.82, 2.24) is 9.47 Å². The molecule has 0 bridgehead atoms. The first-order valence-electron chi connectivity index (χ1n) is 15.3. The molecule has 0 saturated carbocycles. The predicted molar refractivity (Wildman–Crippen MR) is 178 cm³/mol. The van der Waals surface area contributed by atoms with Crippen LogP contribution in [0.3, 0.4) is 0 Å². The third kappa shape index (κ3) is 5.47. The minimum absolute atomic E-state index is 0.0719. The summed E-state index contributed by atoms with van der Waals surface area (Å²) in [4.78, 5) is 49.1. The molecule has 6 rings (SSSR count). The summed E-state index contributed by atoms with van der Waals surface area (Å²) in [5, 5.41) is 13.6. The number of ether oxygens (including phenoxy) is 2. The second-order valence-electron chi connectivity index (χ2n) is 11.1. The van der Waals surface area contributed by atoms with Crippen LogP contribution in [0.15, 0.2) is 75.7 Å². The van der Waals surface area contributed by atoms with Gasteiger partial charge in [-0.2, -0.15) is 0 Å². The number of likely N-dealkylation sites (N-methyl/N-ethyl adjacent to an activating group) is 1. The molecule has 0 aliphatic carbocycles. The summed E-state index contributed by atoms with van der Waals surface area (Å²) in [6, 6.07) is 15.5. The van der Waals surface area contributed by atoms with Gasteiger partial charge in [0.2, 0.25) is 0 Å². The van der Waals surface area contributed by atoms with E-state index in [0.29, 0.717) is 76.9 Å². The van der Waals surface area contributed by atoms with Gasteiger partial charge in [0.25, 0.3) is 17.2 Å². The molecule has 0 radical (unpaired) electrons. The van der Waals surface area contributed by atoms with Gasteiger partial charge in [-0.1, -0.05) is 41.7 Å². The van der Waals surface area contributed by atoms with Gasteiger partial charge in [-0.15, -0.1) is 0 Å². The van der Waals surface area contributed by atoms with E-state index in [4.69, 9.17) is 14.5 Å². The molecule has 0 unspecified atom stereocenters. The summed E-state index contributed by atoms with van der Waals surface area (Å²) in [5.41, 5.74) is 2.53. The number of nitro benzene ring substituents is 1. The zero-order chi connectivity index (χ0) is 32.5. The molecule has 46 heavy (non-hydrogen) atoms. The highest BCUT2D eigenvalue weighted by Gasteiger charge is 2.36. The lowest BCUT2D eigenvalue weighted by molar-refractivity contribution is -0.384. The summed E-state index contributed by atoms with van der Waals surface area (Å²) >= 11 is 1.20. The Bertz CT molecular complexity index is 2060. The maximum absolute atomic E-state index is 14.6. The van der Waals surface area contributed by atoms with E-state index in [2.05, 4.69) is 4.90 Å². The van der Waals surface area contributed by atoms with Gasteiger partial charge in [0.05, 0.1) is 41.0 Å². The van der Waals surface area contributed by atoms with Gasteiger partial charge in [0.1, 0.15) is 11.8 Å². The SMILES string of the molecule is CCN(CC)C(=O)C1=C(C)N=c2s/c(=C/c3cc([N+](=O)[O-])ccc3N3CCOCC3)c(=O)n2[C@H]1c1c(OC)ccc2ccccc12. The Labute approximate surface area is 269 Å². The molecule has 1 fully saturated rings. The van der Waals surface area contributed by atoms with Crippen molar-refractivity contribution in [2.75, 3.05) is 51.4 Å². The number of hydrogen-bond acceptors (Lipinski definition) is 9. The molecule has 3 heterocycles. The van der Waals surface area contributed by atoms with Gasteiger partial charge in [-0.3, -0.25) is 24.3 Å². The number of nitrogens with zero attached hydrogens (tertiary/aromatic N) is 5. The Morgan fingerprint density at radius 3 is 2.59 bits per heavy atom. The monoisotopic (exact) mass is 641 g/mol. The largest absolute Gasteiger partial charge is 0.496 e. The third-order valence-corrected chi connectivity index (χ3v) is 9.57. The second kappa shape index (κ2) is 12.9. The second-order valence-corrected chi connectivity index (χ2v) is 12.1. The number of benzene rings is 3. The van der Waals surface area contributed by atoms with Gasteiger partial charge < -0.3 is 19.3 Å². The van der Waals surface area contributed by atoms with Crippen LogP contribution in [0.2, 0.25) is 0 Å². The first-order chi connectivity index (χ1) is 22.3. The molecule has 2 aliphatic rings. The molecule has 2 aliphatic heterocycles. The minimum atomic E-state index is -0.823. The van der Waals surface area contributed by atoms with Gasteiger partial charge >= 0.3 is 0 Å². The zero-order valence-corrected chi connectivity index (χ0v) is 27.0. The van der Waals surface area contributed by atoms with Gasteiger partial charge in [-0.25, -0.2) is 4.99 Å². The van der Waals surface area contributed by atoms with Crippen LogP contribution in [-0.2, 0) is 9.53 Å². The van der Waals surface area contributed by atoms with E-state index < -0.39 is 11.0 Å². The molecule has 1 aromatic heterocycles. The lowest BCUT2D eigenvalue weighted by Gasteiger charge is -2.30. The molecule has 0 spiro atoms. The first kappa shape index (κ1) is 31.2. The van der Waals surface area contributed by atoms with Crippen molar-refractivity contribution in [2.45, 2.75) is 26.8 Å². The third-order valence-electron chi connectivity index (χ3n) is 8.59. The number of carbonyl (C=O) groups is 1. The molecule has 4 aromatic rings. The van der Waals surface area contributed by atoms with Crippen molar-refractivity contribution in [2.24, 2.45) is 4.99 Å². The standard InChI is InChI=1S/C34H35N5O6S/c1-5-36(6-2)33(41)29-21(3)35-34-38(31(29)30-25-10-8-7-9-22(25)11-14-27(30)44-4)32(40)28(46-34)20-23-19-24(39(42)43)12-13-26(23)37-15-17-45-18-16-37/h7-14,19-20,31H,5-6,15-18H2,1-4H3/b28-20+/t31-/m1/s1. The number of nitro groups is 1. The maximum Gasteiger partial charge on any atom is 0.271 e. The number of allylic oxidation sites excluding steroid dienone is 1. The number of amides is 1. The zero-order valence-electron chi connectivity index (χ0n) is 26.2. The normalized spacial score (nSPS) is 16.7. The van der Waals surface area contributed by atoms with Gasteiger partial charge in [0, 0.05) is 55.1 Å². The molecule has 1 amide bonds. The molecular weight excluding hydrogens is 606 g/mol. The quantitative estimate of drug-likeness (QED) is 0.211. The Balaban J connectivity index is 1.64. The number of thiazole rings is 1. The van der Waals surface area contributed by atoms with Crippen molar-refractivity contribution in [3.63, 3.8) is 0 Å². The molecule has 0 N–H and O–H groups in total.